The second-order valence-electron chi connectivity index (χ2n) is 8.66. The monoisotopic (exact) mass is 389 g/mol. The van der Waals surface area contributed by atoms with Gasteiger partial charge in [-0.15, -0.1) is 0 Å². The molecule has 3 fully saturated rings. The van der Waals surface area contributed by atoms with Crippen molar-refractivity contribution in [3.8, 4) is 5.75 Å². The van der Waals surface area contributed by atoms with Crippen molar-refractivity contribution in [2.75, 3.05) is 4.90 Å². The zero-order valence-corrected chi connectivity index (χ0v) is 16.6. The molecule has 3 aliphatic rings. The van der Waals surface area contributed by atoms with Gasteiger partial charge in [0.15, 0.2) is 0 Å². The lowest BCUT2D eigenvalue weighted by molar-refractivity contribution is -0.123. The Hall–Kier alpha value is -2.95. The molecule has 1 heterocycles. The number of imide groups is 1. The third-order valence-electron chi connectivity index (χ3n) is 6.69. The molecule has 0 N–H and O–H groups in total. The number of hydrogen-bond donors (Lipinski definition) is 0. The van der Waals surface area contributed by atoms with E-state index in [1.54, 1.807) is 24.3 Å². The summed E-state index contributed by atoms with van der Waals surface area (Å²) in [5.41, 5.74) is 2.96. The smallest absolute Gasteiger partial charge is 0.343 e. The minimum atomic E-state index is -0.462. The summed E-state index contributed by atoms with van der Waals surface area (Å²) >= 11 is 0. The van der Waals surface area contributed by atoms with Crippen molar-refractivity contribution in [2.45, 2.75) is 33.1 Å². The lowest BCUT2D eigenvalue weighted by Gasteiger charge is -2.19. The maximum atomic E-state index is 12.9. The van der Waals surface area contributed by atoms with Gasteiger partial charge in [-0.2, -0.15) is 0 Å². The first kappa shape index (κ1) is 18.1. The first-order valence-electron chi connectivity index (χ1n) is 10.2. The van der Waals surface area contributed by atoms with Crippen molar-refractivity contribution in [3.63, 3.8) is 0 Å². The fraction of sp³-hybridized carbons (Fsp3) is 0.375. The summed E-state index contributed by atoms with van der Waals surface area (Å²) in [5.74, 6) is 0.332. The van der Waals surface area contributed by atoms with Gasteiger partial charge in [0.25, 0.3) is 0 Å². The Morgan fingerprint density at radius 3 is 2.00 bits per heavy atom. The zero-order valence-electron chi connectivity index (χ0n) is 16.6. The Bertz CT molecular complexity index is 977. The van der Waals surface area contributed by atoms with E-state index in [-0.39, 0.29) is 23.7 Å². The summed E-state index contributed by atoms with van der Waals surface area (Å²) in [7, 11) is 0. The maximum absolute atomic E-state index is 12.9. The Morgan fingerprint density at radius 1 is 0.897 bits per heavy atom. The zero-order chi connectivity index (χ0) is 20.3. The number of carbonyl (C=O) groups excluding carboxylic acids is 3. The number of amides is 2. The van der Waals surface area contributed by atoms with E-state index in [0.29, 0.717) is 28.8 Å². The Morgan fingerprint density at radius 2 is 1.45 bits per heavy atom. The summed E-state index contributed by atoms with van der Waals surface area (Å²) < 4.78 is 5.48. The van der Waals surface area contributed by atoms with E-state index in [4.69, 9.17) is 4.74 Å². The molecular weight excluding hydrogens is 366 g/mol. The predicted octanol–water partition coefficient (Wildman–Crippen LogP) is 4.06. The molecule has 1 aliphatic heterocycles. The highest BCUT2D eigenvalue weighted by atomic mass is 16.5. The number of ether oxygens (including phenoxy) is 1. The third-order valence-corrected chi connectivity index (χ3v) is 6.69. The van der Waals surface area contributed by atoms with Gasteiger partial charge < -0.3 is 4.74 Å². The lowest BCUT2D eigenvalue weighted by atomic mass is 9.81. The van der Waals surface area contributed by atoms with Crippen LogP contribution in [0.3, 0.4) is 0 Å². The Kier molecular flexibility index (Phi) is 4.09. The minimum Gasteiger partial charge on any atom is -0.423 e. The van der Waals surface area contributed by atoms with Gasteiger partial charge >= 0.3 is 5.97 Å². The van der Waals surface area contributed by atoms with Crippen LogP contribution >= 0.6 is 0 Å². The maximum Gasteiger partial charge on any atom is 0.343 e. The molecule has 2 bridgehead atoms. The molecule has 2 saturated carbocycles. The number of benzene rings is 2. The molecule has 148 valence electrons. The number of carbonyl (C=O) groups is 3. The van der Waals surface area contributed by atoms with E-state index in [1.807, 2.05) is 32.0 Å². The van der Waals surface area contributed by atoms with Crippen molar-refractivity contribution in [1.29, 1.82) is 0 Å². The summed E-state index contributed by atoms with van der Waals surface area (Å²) in [6.45, 7) is 3.90. The topological polar surface area (TPSA) is 63.7 Å². The van der Waals surface area contributed by atoms with Crippen LogP contribution in [0.2, 0.25) is 0 Å². The van der Waals surface area contributed by atoms with Crippen molar-refractivity contribution in [3.05, 3.63) is 59.2 Å². The van der Waals surface area contributed by atoms with Crippen LogP contribution < -0.4 is 9.64 Å². The molecule has 4 unspecified atom stereocenters. The van der Waals surface area contributed by atoms with Crippen LogP contribution in [0.15, 0.2) is 42.5 Å². The fourth-order valence-corrected chi connectivity index (χ4v) is 5.57. The van der Waals surface area contributed by atoms with Gasteiger partial charge in [-0.05, 0) is 92.5 Å². The number of hydrogen-bond acceptors (Lipinski definition) is 4. The van der Waals surface area contributed by atoms with Crippen LogP contribution in [0.1, 0.15) is 40.7 Å². The van der Waals surface area contributed by atoms with E-state index in [0.717, 1.165) is 30.4 Å². The molecule has 2 aromatic rings. The van der Waals surface area contributed by atoms with Crippen LogP contribution in [0, 0.1) is 37.5 Å². The number of aryl methyl sites for hydroxylation is 2. The quantitative estimate of drug-likeness (QED) is 0.451. The molecule has 0 spiro atoms. The van der Waals surface area contributed by atoms with Gasteiger partial charge in [-0.25, -0.2) is 4.79 Å². The first-order chi connectivity index (χ1) is 13.9. The van der Waals surface area contributed by atoms with Crippen molar-refractivity contribution in [1.82, 2.24) is 0 Å². The average molecular weight is 389 g/mol. The highest BCUT2D eigenvalue weighted by Crippen LogP contribution is 2.56. The largest absolute Gasteiger partial charge is 0.423 e. The SMILES string of the molecule is Cc1cc(C)cc(OC(=O)c2ccc(N3C(=O)C4C5CCC(C5)C4C3=O)cc2)c1. The van der Waals surface area contributed by atoms with Gasteiger partial charge in [-0.1, -0.05) is 6.07 Å². The van der Waals surface area contributed by atoms with E-state index >= 15 is 0 Å². The summed E-state index contributed by atoms with van der Waals surface area (Å²) in [5, 5.41) is 0. The van der Waals surface area contributed by atoms with Crippen LogP contribution in [-0.4, -0.2) is 17.8 Å². The summed E-state index contributed by atoms with van der Waals surface area (Å²) in [6, 6.07) is 12.2. The number of rotatable bonds is 3. The molecule has 0 aromatic heterocycles. The Labute approximate surface area is 169 Å². The highest BCUT2D eigenvalue weighted by Gasteiger charge is 2.61. The van der Waals surface area contributed by atoms with Crippen molar-refractivity contribution in [2.24, 2.45) is 23.7 Å². The van der Waals surface area contributed by atoms with Crippen LogP contribution in [0.5, 0.6) is 5.75 Å². The van der Waals surface area contributed by atoms with E-state index in [1.165, 1.54) is 4.90 Å². The molecule has 1 saturated heterocycles. The molecule has 5 nitrogen and oxygen atoms in total. The Balaban J connectivity index is 1.34. The minimum absolute atomic E-state index is 0.0715. The lowest BCUT2D eigenvalue weighted by Crippen LogP contribution is -2.32. The van der Waals surface area contributed by atoms with E-state index in [2.05, 4.69) is 0 Å². The third kappa shape index (κ3) is 2.87. The highest BCUT2D eigenvalue weighted by molar-refractivity contribution is 6.22. The number of esters is 1. The molecular formula is C24H23NO4. The van der Waals surface area contributed by atoms with Gasteiger partial charge in [0.2, 0.25) is 11.8 Å². The second-order valence-corrected chi connectivity index (χ2v) is 8.66. The molecule has 29 heavy (non-hydrogen) atoms. The number of anilines is 1. The van der Waals surface area contributed by atoms with Gasteiger partial charge in [0.05, 0.1) is 23.1 Å². The van der Waals surface area contributed by atoms with Gasteiger partial charge in [0, 0.05) is 0 Å². The average Bonchev–Trinajstić information content (AvgIpc) is 3.35. The van der Waals surface area contributed by atoms with Gasteiger partial charge in [-0.3, -0.25) is 14.5 Å². The van der Waals surface area contributed by atoms with Crippen LogP contribution in [0.25, 0.3) is 0 Å². The predicted molar refractivity (Wildman–Crippen MR) is 108 cm³/mol. The van der Waals surface area contributed by atoms with E-state index < -0.39 is 5.97 Å². The molecule has 0 radical (unpaired) electrons. The second kappa shape index (κ2) is 6.55. The van der Waals surface area contributed by atoms with E-state index in [9.17, 15) is 14.4 Å². The molecule has 2 amide bonds. The summed E-state index contributed by atoms with van der Waals surface area (Å²) in [4.78, 5) is 39.7. The van der Waals surface area contributed by atoms with Gasteiger partial charge in [0.1, 0.15) is 5.75 Å². The van der Waals surface area contributed by atoms with Crippen molar-refractivity contribution < 1.29 is 19.1 Å². The normalized spacial score (nSPS) is 27.4. The van der Waals surface area contributed by atoms with Crippen molar-refractivity contribution >= 4 is 23.5 Å². The standard InChI is InChI=1S/C24H23NO4/c1-13-9-14(2)11-19(10-13)29-24(28)15-5-7-18(8-6-15)25-22(26)20-16-3-4-17(12-16)21(20)23(25)27/h5-11,16-17,20-21H,3-4,12H2,1-2H3. The number of fused-ring (bicyclic) bond motifs is 5. The number of nitrogens with zero attached hydrogens (tertiary/aromatic N) is 1. The molecule has 2 aromatic carbocycles. The molecule has 4 atom stereocenters. The molecule has 5 rings (SSSR count). The summed E-state index contributed by atoms with van der Waals surface area (Å²) in [6.07, 6.45) is 3.13. The first-order valence-corrected chi connectivity index (χ1v) is 10.2. The van der Waals surface area contributed by atoms with Crippen LogP contribution in [-0.2, 0) is 9.59 Å². The fourth-order valence-electron chi connectivity index (χ4n) is 5.57. The molecule has 2 aliphatic carbocycles. The molecule has 5 heteroatoms. The van der Waals surface area contributed by atoms with Crippen LogP contribution in [0.4, 0.5) is 5.69 Å².